The van der Waals surface area contributed by atoms with E-state index in [1.165, 1.54) is 40.6 Å². The maximum Gasteiger partial charge on any atom is 0.329 e. The molecule has 0 aliphatic rings. The van der Waals surface area contributed by atoms with Crippen LogP contribution in [0.25, 0.3) is 0 Å². The number of rotatable bonds is 11. The predicted octanol–water partition coefficient (Wildman–Crippen LogP) is 2.66. The zero-order valence-electron chi connectivity index (χ0n) is 20.1. The van der Waals surface area contributed by atoms with Crippen molar-refractivity contribution >= 4 is 23.5 Å². The minimum atomic E-state index is -0.974. The first-order chi connectivity index (χ1) is 16.2. The van der Waals surface area contributed by atoms with E-state index >= 15 is 0 Å². The fourth-order valence-corrected chi connectivity index (χ4v) is 3.00. The summed E-state index contributed by atoms with van der Waals surface area (Å²) in [6, 6.07) is 8.55. The summed E-state index contributed by atoms with van der Waals surface area (Å²) in [5.74, 6) is -0.279. The van der Waals surface area contributed by atoms with E-state index in [-0.39, 0.29) is 11.5 Å². The number of esters is 1. The molecule has 0 radical (unpaired) electrons. The molecule has 0 saturated carbocycles. The number of methoxy groups -OCH3 is 4. The molecule has 2 aromatic rings. The normalized spacial score (nSPS) is 11.3. The van der Waals surface area contributed by atoms with E-state index in [1.54, 1.807) is 38.1 Å². The standard InChI is InChI=1S/C24H30N2O8/c1-14(2)22(26-23(28)15-9-17(30-3)12-18(10-15)31-4)24(29)34-13-21(27)25-16-7-8-19(32-5)20(11-16)33-6/h7-12,14,22H,13H2,1-6H3,(H,25,27)(H,26,28)/t22-/m0/s1. The molecule has 0 aliphatic heterocycles. The van der Waals surface area contributed by atoms with Gasteiger partial charge in [0, 0.05) is 23.4 Å². The fraction of sp³-hybridized carbons (Fsp3) is 0.375. The van der Waals surface area contributed by atoms with Crippen LogP contribution < -0.4 is 29.6 Å². The maximum atomic E-state index is 12.8. The van der Waals surface area contributed by atoms with Crippen molar-refractivity contribution in [3.63, 3.8) is 0 Å². The Hall–Kier alpha value is -3.95. The highest BCUT2D eigenvalue weighted by atomic mass is 16.5. The summed E-state index contributed by atoms with van der Waals surface area (Å²) in [4.78, 5) is 37.7. The molecule has 10 nitrogen and oxygen atoms in total. The van der Waals surface area contributed by atoms with Crippen molar-refractivity contribution in [2.24, 2.45) is 5.92 Å². The highest BCUT2D eigenvalue weighted by Crippen LogP contribution is 2.29. The first-order valence-electron chi connectivity index (χ1n) is 10.4. The van der Waals surface area contributed by atoms with E-state index < -0.39 is 30.4 Å². The lowest BCUT2D eigenvalue weighted by molar-refractivity contribution is -0.150. The molecular weight excluding hydrogens is 444 g/mol. The highest BCUT2D eigenvalue weighted by Gasteiger charge is 2.27. The Balaban J connectivity index is 2.01. The SMILES string of the molecule is COc1cc(OC)cc(C(=O)N[C@H](C(=O)OCC(=O)Nc2ccc(OC)c(OC)c2)C(C)C)c1. The van der Waals surface area contributed by atoms with Crippen LogP contribution in [0.3, 0.4) is 0 Å². The lowest BCUT2D eigenvalue weighted by Crippen LogP contribution is -2.46. The second-order valence-corrected chi connectivity index (χ2v) is 7.52. The largest absolute Gasteiger partial charge is 0.497 e. The molecule has 0 spiro atoms. The van der Waals surface area contributed by atoms with Gasteiger partial charge in [-0.25, -0.2) is 4.79 Å². The summed E-state index contributed by atoms with van der Waals surface area (Å²) in [6.45, 7) is 2.98. The number of nitrogens with one attached hydrogen (secondary N) is 2. The molecule has 0 heterocycles. The van der Waals surface area contributed by atoms with Gasteiger partial charge in [-0.1, -0.05) is 13.8 Å². The molecule has 10 heteroatoms. The molecular formula is C24H30N2O8. The number of amides is 2. The third kappa shape index (κ3) is 7.03. The van der Waals surface area contributed by atoms with Crippen LogP contribution >= 0.6 is 0 Å². The molecule has 184 valence electrons. The van der Waals surface area contributed by atoms with Gasteiger partial charge in [-0.15, -0.1) is 0 Å². The van der Waals surface area contributed by atoms with Crippen molar-refractivity contribution < 1.29 is 38.1 Å². The third-order valence-corrected chi connectivity index (χ3v) is 4.83. The lowest BCUT2D eigenvalue weighted by Gasteiger charge is -2.21. The summed E-state index contributed by atoms with van der Waals surface area (Å²) in [6.07, 6.45) is 0. The number of anilines is 1. The van der Waals surface area contributed by atoms with E-state index in [0.29, 0.717) is 28.7 Å². The lowest BCUT2D eigenvalue weighted by atomic mass is 10.0. The van der Waals surface area contributed by atoms with E-state index in [0.717, 1.165) is 0 Å². The monoisotopic (exact) mass is 474 g/mol. The number of hydrogen-bond acceptors (Lipinski definition) is 8. The molecule has 0 unspecified atom stereocenters. The molecule has 0 aliphatic carbocycles. The minimum Gasteiger partial charge on any atom is -0.497 e. The van der Waals surface area contributed by atoms with Gasteiger partial charge in [-0.05, 0) is 30.2 Å². The maximum absolute atomic E-state index is 12.8. The van der Waals surface area contributed by atoms with E-state index in [4.69, 9.17) is 23.7 Å². The molecule has 2 amide bonds. The van der Waals surface area contributed by atoms with Gasteiger partial charge in [-0.2, -0.15) is 0 Å². The van der Waals surface area contributed by atoms with Gasteiger partial charge in [0.1, 0.15) is 17.5 Å². The van der Waals surface area contributed by atoms with Gasteiger partial charge in [0.15, 0.2) is 18.1 Å². The van der Waals surface area contributed by atoms with Crippen LogP contribution in [-0.4, -0.2) is 58.9 Å². The van der Waals surface area contributed by atoms with Gasteiger partial charge in [0.05, 0.1) is 28.4 Å². The van der Waals surface area contributed by atoms with E-state index in [1.807, 2.05) is 0 Å². The molecule has 34 heavy (non-hydrogen) atoms. The van der Waals surface area contributed by atoms with Gasteiger partial charge >= 0.3 is 5.97 Å². The second kappa shape index (κ2) is 12.3. The number of carbonyl (C=O) groups is 3. The molecule has 2 N–H and O–H groups in total. The van der Waals surface area contributed by atoms with Crippen LogP contribution in [0.2, 0.25) is 0 Å². The summed E-state index contributed by atoms with van der Waals surface area (Å²) in [7, 11) is 5.92. The van der Waals surface area contributed by atoms with Gasteiger partial charge in [0.2, 0.25) is 0 Å². The molecule has 0 bridgehead atoms. The summed E-state index contributed by atoms with van der Waals surface area (Å²) in [5, 5.41) is 5.27. The Bertz CT molecular complexity index is 1000. The average molecular weight is 475 g/mol. The van der Waals surface area contributed by atoms with Gasteiger partial charge in [0.25, 0.3) is 11.8 Å². The quantitative estimate of drug-likeness (QED) is 0.477. The first kappa shape index (κ1) is 26.3. The fourth-order valence-electron chi connectivity index (χ4n) is 3.00. The summed E-state index contributed by atoms with van der Waals surface area (Å²) in [5.41, 5.74) is 0.695. The molecule has 2 rings (SSSR count). The summed E-state index contributed by atoms with van der Waals surface area (Å²) < 4.78 is 25.9. The van der Waals surface area contributed by atoms with Crippen molar-refractivity contribution in [3.05, 3.63) is 42.0 Å². The van der Waals surface area contributed by atoms with Crippen molar-refractivity contribution in [3.8, 4) is 23.0 Å². The Morgan fingerprint density at radius 1 is 0.824 bits per heavy atom. The van der Waals surface area contributed by atoms with Crippen LogP contribution in [-0.2, 0) is 14.3 Å². The van der Waals surface area contributed by atoms with Crippen molar-refractivity contribution in [1.29, 1.82) is 0 Å². The number of benzene rings is 2. The molecule has 0 aromatic heterocycles. The molecule has 0 saturated heterocycles. The first-order valence-corrected chi connectivity index (χ1v) is 10.4. The van der Waals surface area contributed by atoms with Crippen molar-refractivity contribution in [2.45, 2.75) is 19.9 Å². The van der Waals surface area contributed by atoms with E-state index in [9.17, 15) is 14.4 Å². The average Bonchev–Trinajstić information content (AvgIpc) is 2.84. The zero-order valence-corrected chi connectivity index (χ0v) is 20.1. The minimum absolute atomic E-state index is 0.251. The molecule has 0 fully saturated rings. The Kier molecular flexibility index (Phi) is 9.54. The van der Waals surface area contributed by atoms with E-state index in [2.05, 4.69) is 10.6 Å². The topological polar surface area (TPSA) is 121 Å². The van der Waals surface area contributed by atoms with Gasteiger partial charge < -0.3 is 34.3 Å². The molecule has 2 aromatic carbocycles. The number of hydrogen-bond donors (Lipinski definition) is 2. The van der Waals surface area contributed by atoms with Crippen LogP contribution in [0.5, 0.6) is 23.0 Å². The van der Waals surface area contributed by atoms with Crippen LogP contribution in [0.1, 0.15) is 24.2 Å². The summed E-state index contributed by atoms with van der Waals surface area (Å²) >= 11 is 0. The van der Waals surface area contributed by atoms with Crippen LogP contribution in [0.15, 0.2) is 36.4 Å². The second-order valence-electron chi connectivity index (χ2n) is 7.52. The predicted molar refractivity (Wildman–Crippen MR) is 125 cm³/mol. The Labute approximate surface area is 198 Å². The highest BCUT2D eigenvalue weighted by molar-refractivity contribution is 5.98. The smallest absolute Gasteiger partial charge is 0.329 e. The zero-order chi connectivity index (χ0) is 25.3. The van der Waals surface area contributed by atoms with Crippen molar-refractivity contribution in [2.75, 3.05) is 40.4 Å². The van der Waals surface area contributed by atoms with Crippen molar-refractivity contribution in [1.82, 2.24) is 5.32 Å². The van der Waals surface area contributed by atoms with Crippen LogP contribution in [0, 0.1) is 5.92 Å². The van der Waals surface area contributed by atoms with Crippen LogP contribution in [0.4, 0.5) is 5.69 Å². The molecule has 1 atom stereocenters. The Morgan fingerprint density at radius 3 is 1.97 bits per heavy atom. The van der Waals surface area contributed by atoms with Gasteiger partial charge in [-0.3, -0.25) is 9.59 Å². The number of ether oxygens (including phenoxy) is 5. The third-order valence-electron chi connectivity index (χ3n) is 4.83. The number of carbonyl (C=O) groups excluding carboxylic acids is 3. The Morgan fingerprint density at radius 2 is 1.44 bits per heavy atom.